The lowest BCUT2D eigenvalue weighted by atomic mass is 10.00. The van der Waals surface area contributed by atoms with Gasteiger partial charge < -0.3 is 10.1 Å². The summed E-state index contributed by atoms with van der Waals surface area (Å²) in [5.74, 6) is -0.779. The first kappa shape index (κ1) is 19.3. The Hall–Kier alpha value is -2.45. The number of sulfonamides is 1. The minimum absolute atomic E-state index is 0.157. The number of para-hydroxylation sites is 1. The van der Waals surface area contributed by atoms with Crippen LogP contribution in [0.4, 0.5) is 4.39 Å². The maximum atomic E-state index is 14.2. The Morgan fingerprint density at radius 2 is 1.96 bits per heavy atom. The van der Waals surface area contributed by atoms with E-state index in [2.05, 4.69) is 10.0 Å². The first-order valence-electron chi connectivity index (χ1n) is 8.62. The van der Waals surface area contributed by atoms with Gasteiger partial charge in [0.1, 0.15) is 11.6 Å². The first-order chi connectivity index (χ1) is 12.8. The van der Waals surface area contributed by atoms with E-state index in [0.717, 1.165) is 23.8 Å². The van der Waals surface area contributed by atoms with E-state index in [1.807, 2.05) is 18.2 Å². The molecule has 0 radical (unpaired) electrons. The minimum Gasteiger partial charge on any atom is -0.493 e. The summed E-state index contributed by atoms with van der Waals surface area (Å²) in [6.07, 6.45) is 0.539. The van der Waals surface area contributed by atoms with Crippen molar-refractivity contribution in [2.24, 2.45) is 0 Å². The van der Waals surface area contributed by atoms with Gasteiger partial charge in [-0.2, -0.15) is 0 Å². The van der Waals surface area contributed by atoms with Gasteiger partial charge in [0.25, 0.3) is 5.91 Å². The van der Waals surface area contributed by atoms with Crippen LogP contribution in [0, 0.1) is 5.82 Å². The molecule has 2 N–H and O–H groups in total. The van der Waals surface area contributed by atoms with Crippen molar-refractivity contribution in [1.82, 2.24) is 10.0 Å². The van der Waals surface area contributed by atoms with E-state index in [4.69, 9.17) is 4.74 Å². The Kier molecular flexibility index (Phi) is 5.48. The van der Waals surface area contributed by atoms with Gasteiger partial charge in [0.15, 0.2) is 0 Å². The SMILES string of the molecule is CC(C)NS(=O)(=O)c1ccc(F)c(C(=O)NC2CCOc3ccccc32)c1. The van der Waals surface area contributed by atoms with Gasteiger partial charge in [-0.25, -0.2) is 17.5 Å². The summed E-state index contributed by atoms with van der Waals surface area (Å²) < 4.78 is 46.8. The van der Waals surface area contributed by atoms with Crippen molar-refractivity contribution < 1.29 is 22.3 Å². The predicted molar refractivity (Wildman–Crippen MR) is 98.6 cm³/mol. The molecule has 1 amide bonds. The zero-order valence-corrected chi connectivity index (χ0v) is 15.8. The van der Waals surface area contributed by atoms with Crippen molar-refractivity contribution >= 4 is 15.9 Å². The van der Waals surface area contributed by atoms with Crippen molar-refractivity contribution in [2.45, 2.75) is 37.2 Å². The average molecular weight is 392 g/mol. The van der Waals surface area contributed by atoms with Crippen LogP contribution in [0.5, 0.6) is 5.75 Å². The Morgan fingerprint density at radius 3 is 2.70 bits per heavy atom. The molecular formula is C19H21FN2O4S. The third-order valence-electron chi connectivity index (χ3n) is 4.15. The van der Waals surface area contributed by atoms with Crippen LogP contribution < -0.4 is 14.8 Å². The lowest BCUT2D eigenvalue weighted by Gasteiger charge is -2.26. The predicted octanol–water partition coefficient (Wildman–Crippen LogP) is 2.77. The van der Waals surface area contributed by atoms with E-state index in [-0.39, 0.29) is 22.5 Å². The van der Waals surface area contributed by atoms with Crippen LogP contribution in [-0.4, -0.2) is 27.0 Å². The average Bonchev–Trinajstić information content (AvgIpc) is 2.61. The second-order valence-electron chi connectivity index (χ2n) is 6.62. The molecule has 27 heavy (non-hydrogen) atoms. The number of halogens is 1. The lowest BCUT2D eigenvalue weighted by Crippen LogP contribution is -2.33. The van der Waals surface area contributed by atoms with Crippen LogP contribution in [0.15, 0.2) is 47.4 Å². The van der Waals surface area contributed by atoms with E-state index in [1.54, 1.807) is 19.9 Å². The van der Waals surface area contributed by atoms with Gasteiger partial charge in [0.05, 0.1) is 23.1 Å². The molecule has 6 nitrogen and oxygen atoms in total. The third kappa shape index (κ3) is 4.28. The largest absolute Gasteiger partial charge is 0.493 e. The fraction of sp³-hybridized carbons (Fsp3) is 0.316. The van der Waals surface area contributed by atoms with Crippen LogP contribution in [0.1, 0.15) is 42.2 Å². The van der Waals surface area contributed by atoms with E-state index in [1.165, 1.54) is 0 Å². The number of ether oxygens (including phenoxy) is 1. The number of fused-ring (bicyclic) bond motifs is 1. The zero-order chi connectivity index (χ0) is 19.6. The Morgan fingerprint density at radius 1 is 1.22 bits per heavy atom. The van der Waals surface area contributed by atoms with Crippen molar-refractivity contribution in [3.63, 3.8) is 0 Å². The zero-order valence-electron chi connectivity index (χ0n) is 15.0. The Bertz CT molecular complexity index is 960. The van der Waals surface area contributed by atoms with Crippen LogP contribution >= 0.6 is 0 Å². The number of carbonyl (C=O) groups is 1. The highest BCUT2D eigenvalue weighted by molar-refractivity contribution is 7.89. The van der Waals surface area contributed by atoms with Crippen LogP contribution in [0.2, 0.25) is 0 Å². The molecule has 2 aromatic rings. The number of nitrogens with one attached hydrogen (secondary N) is 2. The molecule has 3 rings (SSSR count). The van der Waals surface area contributed by atoms with Gasteiger partial charge in [-0.05, 0) is 38.1 Å². The van der Waals surface area contributed by atoms with Crippen molar-refractivity contribution in [3.8, 4) is 5.75 Å². The van der Waals surface area contributed by atoms with Gasteiger partial charge in [0, 0.05) is 18.0 Å². The maximum absolute atomic E-state index is 14.2. The molecule has 0 fully saturated rings. The van der Waals surface area contributed by atoms with Crippen LogP contribution in [-0.2, 0) is 10.0 Å². The lowest BCUT2D eigenvalue weighted by molar-refractivity contribution is 0.0920. The Labute approximate surface area is 157 Å². The van der Waals surface area contributed by atoms with Gasteiger partial charge >= 0.3 is 0 Å². The number of hydrogen-bond donors (Lipinski definition) is 2. The summed E-state index contributed by atoms with van der Waals surface area (Å²) in [6.45, 7) is 3.78. The molecule has 0 saturated carbocycles. The molecule has 0 spiro atoms. The molecule has 8 heteroatoms. The van der Waals surface area contributed by atoms with Gasteiger partial charge in [-0.15, -0.1) is 0 Å². The van der Waals surface area contributed by atoms with E-state index < -0.39 is 21.7 Å². The topological polar surface area (TPSA) is 84.5 Å². The number of amides is 1. The fourth-order valence-electron chi connectivity index (χ4n) is 2.95. The molecule has 1 aliphatic rings. The van der Waals surface area contributed by atoms with Gasteiger partial charge in [-0.3, -0.25) is 4.79 Å². The minimum atomic E-state index is -3.83. The van der Waals surface area contributed by atoms with Gasteiger partial charge in [0.2, 0.25) is 10.0 Å². The summed E-state index contributed by atoms with van der Waals surface area (Å²) in [5, 5.41) is 2.78. The summed E-state index contributed by atoms with van der Waals surface area (Å²) in [7, 11) is -3.83. The normalized spacial score (nSPS) is 16.5. The van der Waals surface area contributed by atoms with Crippen LogP contribution in [0.25, 0.3) is 0 Å². The highest BCUT2D eigenvalue weighted by atomic mass is 32.2. The maximum Gasteiger partial charge on any atom is 0.254 e. The summed E-state index contributed by atoms with van der Waals surface area (Å²) in [5.41, 5.74) is 0.494. The van der Waals surface area contributed by atoms with Crippen molar-refractivity contribution in [1.29, 1.82) is 0 Å². The Balaban J connectivity index is 1.87. The molecule has 144 valence electrons. The smallest absolute Gasteiger partial charge is 0.254 e. The molecular weight excluding hydrogens is 371 g/mol. The quantitative estimate of drug-likeness (QED) is 0.820. The molecule has 1 atom stereocenters. The molecule has 1 unspecified atom stereocenters. The number of rotatable bonds is 5. The fourth-order valence-corrected chi connectivity index (χ4v) is 4.23. The summed E-state index contributed by atoms with van der Waals surface area (Å²) in [4.78, 5) is 12.5. The summed E-state index contributed by atoms with van der Waals surface area (Å²) >= 11 is 0. The van der Waals surface area contributed by atoms with E-state index >= 15 is 0 Å². The number of benzene rings is 2. The number of hydrogen-bond acceptors (Lipinski definition) is 4. The highest BCUT2D eigenvalue weighted by Crippen LogP contribution is 2.31. The first-order valence-corrected chi connectivity index (χ1v) is 10.1. The highest BCUT2D eigenvalue weighted by Gasteiger charge is 2.25. The molecule has 0 bridgehead atoms. The van der Waals surface area contributed by atoms with Gasteiger partial charge in [-0.1, -0.05) is 18.2 Å². The molecule has 0 aromatic heterocycles. The second kappa shape index (κ2) is 7.66. The molecule has 1 aliphatic heterocycles. The van der Waals surface area contributed by atoms with Crippen molar-refractivity contribution in [2.75, 3.05) is 6.61 Å². The third-order valence-corrected chi connectivity index (χ3v) is 5.80. The number of carbonyl (C=O) groups excluding carboxylic acids is 1. The molecule has 2 aromatic carbocycles. The second-order valence-corrected chi connectivity index (χ2v) is 8.33. The van der Waals surface area contributed by atoms with Crippen LogP contribution in [0.3, 0.4) is 0 Å². The molecule has 1 heterocycles. The standard InChI is InChI=1S/C19H21FN2O4S/c1-12(2)22-27(24,25)13-7-8-16(20)15(11-13)19(23)21-17-9-10-26-18-6-4-3-5-14(17)18/h3-8,11-12,17,22H,9-10H2,1-2H3,(H,21,23). The van der Waals surface area contributed by atoms with E-state index in [9.17, 15) is 17.6 Å². The van der Waals surface area contributed by atoms with E-state index in [0.29, 0.717) is 18.8 Å². The van der Waals surface area contributed by atoms with Crippen molar-refractivity contribution in [3.05, 3.63) is 59.4 Å². The monoisotopic (exact) mass is 392 g/mol. The molecule has 0 aliphatic carbocycles. The summed E-state index contributed by atoms with van der Waals surface area (Å²) in [6, 6.07) is 9.83. The molecule has 0 saturated heterocycles.